The Kier molecular flexibility index (Phi) is 7.11. The van der Waals surface area contributed by atoms with E-state index in [4.69, 9.17) is 4.74 Å². The molecule has 1 aromatic rings. The molecule has 0 aromatic heterocycles. The van der Waals surface area contributed by atoms with Crippen LogP contribution < -0.4 is 10.1 Å². The molecule has 2 nitrogen and oxygen atoms in total. The van der Waals surface area contributed by atoms with E-state index in [-0.39, 0.29) is 5.82 Å². The molecule has 3 heteroatoms. The van der Waals surface area contributed by atoms with Crippen LogP contribution in [0.4, 0.5) is 4.39 Å². The van der Waals surface area contributed by atoms with Crippen LogP contribution >= 0.6 is 0 Å². The zero-order valence-electron chi connectivity index (χ0n) is 11.0. The third-order valence-electron chi connectivity index (χ3n) is 2.63. The van der Waals surface area contributed by atoms with Crippen LogP contribution in [0.2, 0.25) is 0 Å². The SMILES string of the molecule is C=CCCCCCOc1cc(F)cc(CNC)c1. The van der Waals surface area contributed by atoms with Crippen LogP contribution in [-0.2, 0) is 6.54 Å². The number of unbranched alkanes of at least 4 members (excludes halogenated alkanes) is 3. The Morgan fingerprint density at radius 1 is 1.28 bits per heavy atom. The van der Waals surface area contributed by atoms with E-state index in [9.17, 15) is 4.39 Å². The summed E-state index contributed by atoms with van der Waals surface area (Å²) in [5, 5.41) is 3.00. The molecule has 1 rings (SSSR count). The van der Waals surface area contributed by atoms with Crippen LogP contribution in [-0.4, -0.2) is 13.7 Å². The average Bonchev–Trinajstić information content (AvgIpc) is 2.33. The van der Waals surface area contributed by atoms with E-state index in [0.717, 1.165) is 31.2 Å². The average molecular weight is 251 g/mol. The van der Waals surface area contributed by atoms with Crippen molar-refractivity contribution in [3.8, 4) is 5.75 Å². The van der Waals surface area contributed by atoms with Crippen molar-refractivity contribution in [3.63, 3.8) is 0 Å². The van der Waals surface area contributed by atoms with Gasteiger partial charge in [0, 0.05) is 12.6 Å². The maximum atomic E-state index is 13.3. The summed E-state index contributed by atoms with van der Waals surface area (Å²) in [5.41, 5.74) is 0.902. The quantitative estimate of drug-likeness (QED) is 0.534. The first-order chi connectivity index (χ1) is 8.76. The van der Waals surface area contributed by atoms with Gasteiger partial charge in [-0.15, -0.1) is 6.58 Å². The molecule has 0 aliphatic rings. The number of rotatable bonds is 9. The first-order valence-electron chi connectivity index (χ1n) is 6.44. The highest BCUT2D eigenvalue weighted by molar-refractivity contribution is 5.29. The first-order valence-corrected chi connectivity index (χ1v) is 6.44. The lowest BCUT2D eigenvalue weighted by atomic mass is 10.2. The fraction of sp³-hybridized carbons (Fsp3) is 0.467. The lowest BCUT2D eigenvalue weighted by Crippen LogP contribution is -2.06. The van der Waals surface area contributed by atoms with Gasteiger partial charge in [0.15, 0.2) is 0 Å². The number of hydrogen-bond donors (Lipinski definition) is 1. The molecule has 0 saturated heterocycles. The Bertz CT molecular complexity index is 366. The third-order valence-corrected chi connectivity index (χ3v) is 2.63. The normalized spacial score (nSPS) is 10.3. The highest BCUT2D eigenvalue weighted by atomic mass is 19.1. The van der Waals surface area contributed by atoms with Crippen molar-refractivity contribution in [3.05, 3.63) is 42.2 Å². The minimum Gasteiger partial charge on any atom is -0.493 e. The van der Waals surface area contributed by atoms with Crippen molar-refractivity contribution in [1.82, 2.24) is 5.32 Å². The van der Waals surface area contributed by atoms with Crippen LogP contribution in [0.25, 0.3) is 0 Å². The largest absolute Gasteiger partial charge is 0.493 e. The second-order valence-corrected chi connectivity index (χ2v) is 4.31. The van der Waals surface area contributed by atoms with E-state index >= 15 is 0 Å². The van der Waals surface area contributed by atoms with Gasteiger partial charge in [0.05, 0.1) is 6.61 Å². The van der Waals surface area contributed by atoms with E-state index < -0.39 is 0 Å². The Morgan fingerprint density at radius 3 is 2.83 bits per heavy atom. The maximum Gasteiger partial charge on any atom is 0.127 e. The molecule has 0 heterocycles. The van der Waals surface area contributed by atoms with Gasteiger partial charge >= 0.3 is 0 Å². The highest BCUT2D eigenvalue weighted by Crippen LogP contribution is 2.17. The Balaban J connectivity index is 2.34. The van der Waals surface area contributed by atoms with Gasteiger partial charge in [0.25, 0.3) is 0 Å². The molecule has 0 fully saturated rings. The predicted octanol–water partition coefficient (Wildman–Crippen LogP) is 3.67. The Labute approximate surface area is 109 Å². The van der Waals surface area contributed by atoms with Crippen molar-refractivity contribution in [2.75, 3.05) is 13.7 Å². The summed E-state index contributed by atoms with van der Waals surface area (Å²) in [6.07, 6.45) is 6.22. The number of ether oxygens (including phenoxy) is 1. The lowest BCUT2D eigenvalue weighted by molar-refractivity contribution is 0.303. The second kappa shape index (κ2) is 8.70. The second-order valence-electron chi connectivity index (χ2n) is 4.31. The van der Waals surface area contributed by atoms with E-state index in [1.807, 2.05) is 19.2 Å². The zero-order valence-corrected chi connectivity index (χ0v) is 11.0. The molecule has 0 radical (unpaired) electrons. The highest BCUT2D eigenvalue weighted by Gasteiger charge is 2.01. The van der Waals surface area contributed by atoms with E-state index in [0.29, 0.717) is 18.9 Å². The monoisotopic (exact) mass is 251 g/mol. The van der Waals surface area contributed by atoms with E-state index in [1.165, 1.54) is 12.1 Å². The Hall–Kier alpha value is -1.35. The molecular weight excluding hydrogens is 229 g/mol. The van der Waals surface area contributed by atoms with Gasteiger partial charge in [0.2, 0.25) is 0 Å². The van der Waals surface area contributed by atoms with Gasteiger partial charge in [-0.2, -0.15) is 0 Å². The number of benzene rings is 1. The molecule has 0 aliphatic heterocycles. The molecule has 0 atom stereocenters. The molecule has 100 valence electrons. The summed E-state index contributed by atoms with van der Waals surface area (Å²) in [5.74, 6) is 0.369. The van der Waals surface area contributed by atoms with Gasteiger partial charge < -0.3 is 10.1 Å². The first kappa shape index (κ1) is 14.7. The summed E-state index contributed by atoms with van der Waals surface area (Å²) in [6.45, 7) is 4.97. The van der Waals surface area contributed by atoms with Gasteiger partial charge in [-0.05, 0) is 50.4 Å². The smallest absolute Gasteiger partial charge is 0.127 e. The van der Waals surface area contributed by atoms with Gasteiger partial charge in [-0.3, -0.25) is 0 Å². The number of nitrogens with one attached hydrogen (secondary N) is 1. The summed E-state index contributed by atoms with van der Waals surface area (Å²) in [4.78, 5) is 0. The molecule has 0 amide bonds. The van der Waals surface area contributed by atoms with Gasteiger partial charge in [-0.25, -0.2) is 4.39 Å². The van der Waals surface area contributed by atoms with Crippen LogP contribution in [0.15, 0.2) is 30.9 Å². The van der Waals surface area contributed by atoms with Crippen molar-refractivity contribution >= 4 is 0 Å². The lowest BCUT2D eigenvalue weighted by Gasteiger charge is -2.08. The van der Waals surface area contributed by atoms with Crippen molar-refractivity contribution in [2.24, 2.45) is 0 Å². The van der Waals surface area contributed by atoms with Gasteiger partial charge in [0.1, 0.15) is 11.6 Å². The molecule has 0 spiro atoms. The molecule has 0 aliphatic carbocycles. The predicted molar refractivity (Wildman–Crippen MR) is 73.3 cm³/mol. The van der Waals surface area contributed by atoms with Crippen LogP contribution in [0, 0.1) is 5.82 Å². The zero-order chi connectivity index (χ0) is 13.2. The fourth-order valence-corrected chi connectivity index (χ4v) is 1.77. The number of halogens is 1. The topological polar surface area (TPSA) is 21.3 Å². The molecule has 1 N–H and O–H groups in total. The van der Waals surface area contributed by atoms with E-state index in [1.54, 1.807) is 0 Å². The molecule has 0 saturated carbocycles. The van der Waals surface area contributed by atoms with Crippen LogP contribution in [0.3, 0.4) is 0 Å². The maximum absolute atomic E-state index is 13.3. The molecule has 0 unspecified atom stereocenters. The van der Waals surface area contributed by atoms with Crippen LogP contribution in [0.1, 0.15) is 31.2 Å². The number of hydrogen-bond acceptors (Lipinski definition) is 2. The summed E-state index contributed by atoms with van der Waals surface area (Å²) in [6, 6.07) is 4.83. The summed E-state index contributed by atoms with van der Waals surface area (Å²) >= 11 is 0. The minimum absolute atomic E-state index is 0.246. The van der Waals surface area contributed by atoms with Crippen molar-refractivity contribution < 1.29 is 9.13 Å². The third kappa shape index (κ3) is 5.82. The molecular formula is C15H22FNO. The summed E-state index contributed by atoms with van der Waals surface area (Å²) < 4.78 is 18.9. The molecule has 18 heavy (non-hydrogen) atoms. The van der Waals surface area contributed by atoms with Gasteiger partial charge in [-0.1, -0.05) is 6.08 Å². The molecule has 0 bridgehead atoms. The fourth-order valence-electron chi connectivity index (χ4n) is 1.77. The van der Waals surface area contributed by atoms with E-state index in [2.05, 4.69) is 11.9 Å². The summed E-state index contributed by atoms with van der Waals surface area (Å²) in [7, 11) is 1.84. The van der Waals surface area contributed by atoms with Crippen LogP contribution in [0.5, 0.6) is 5.75 Å². The minimum atomic E-state index is -0.246. The Morgan fingerprint density at radius 2 is 2.11 bits per heavy atom. The standard InChI is InChI=1S/C15H22FNO/c1-3-4-5-6-7-8-18-15-10-13(12-17-2)9-14(16)11-15/h3,9-11,17H,1,4-8,12H2,2H3. The number of allylic oxidation sites excluding steroid dienone is 1. The molecule has 1 aromatic carbocycles. The van der Waals surface area contributed by atoms with Crippen molar-refractivity contribution in [2.45, 2.75) is 32.2 Å². The van der Waals surface area contributed by atoms with Crippen molar-refractivity contribution in [1.29, 1.82) is 0 Å².